The van der Waals surface area contributed by atoms with E-state index in [9.17, 15) is 0 Å². The summed E-state index contributed by atoms with van der Waals surface area (Å²) in [4.78, 5) is 0. The Morgan fingerprint density at radius 1 is 0.472 bits per heavy atom. The van der Waals surface area contributed by atoms with Gasteiger partial charge in [-0.3, -0.25) is 0 Å². The summed E-state index contributed by atoms with van der Waals surface area (Å²) in [6, 6.07) is 47.0. The third-order valence-electron chi connectivity index (χ3n) is 6.80. The fourth-order valence-corrected chi connectivity index (χ4v) is 10.5. The molecule has 0 nitrogen and oxygen atoms in total. The van der Waals surface area contributed by atoms with E-state index in [0.29, 0.717) is 10.0 Å². The third-order valence-corrected chi connectivity index (χ3v) is 12.1. The van der Waals surface area contributed by atoms with Crippen LogP contribution in [-0.2, 0) is 0 Å². The Kier molecular flexibility index (Phi) is 6.20. The lowest BCUT2D eigenvalue weighted by Crippen LogP contribution is -2.30. The second-order valence-corrected chi connectivity index (χ2v) is 12.9. The third kappa shape index (κ3) is 3.69. The molecule has 0 spiro atoms. The van der Waals surface area contributed by atoms with Gasteiger partial charge in [-0.25, -0.2) is 0 Å². The fourth-order valence-electron chi connectivity index (χ4n) is 5.26. The molecule has 1 aliphatic carbocycles. The van der Waals surface area contributed by atoms with E-state index in [-0.39, 0.29) is 0 Å². The highest BCUT2D eigenvalue weighted by Crippen LogP contribution is 2.53. The van der Waals surface area contributed by atoms with Crippen LogP contribution in [0.4, 0.5) is 0 Å². The van der Waals surface area contributed by atoms with Crippen molar-refractivity contribution in [1.29, 1.82) is 0 Å². The Labute approximate surface area is 222 Å². The summed E-state index contributed by atoms with van der Waals surface area (Å²) in [5.41, 5.74) is 4.92. The lowest BCUT2D eigenvalue weighted by molar-refractivity contribution is 1.56. The number of hydrogen-bond donors (Lipinski definition) is 0. The van der Waals surface area contributed by atoms with Crippen molar-refractivity contribution >= 4 is 56.9 Å². The summed E-state index contributed by atoms with van der Waals surface area (Å²) in [7, 11) is 0. The first-order chi connectivity index (χ1) is 17.7. The normalized spacial score (nSPS) is 12.8. The largest absolute Gasteiger partial charge is 0.0827 e. The fraction of sp³-hybridized carbons (Fsp3) is 0. The van der Waals surface area contributed by atoms with Gasteiger partial charge >= 0.3 is 0 Å². The van der Waals surface area contributed by atoms with Crippen molar-refractivity contribution in [3.8, 4) is 0 Å². The van der Waals surface area contributed by atoms with Crippen LogP contribution in [0.5, 0.6) is 0 Å². The van der Waals surface area contributed by atoms with Crippen LogP contribution in [-0.4, -0.2) is 5.29 Å². The molecule has 3 heteroatoms. The number of hydrogen-bond acceptors (Lipinski definition) is 0. The molecule has 6 rings (SSSR count). The van der Waals surface area contributed by atoms with Crippen LogP contribution in [0, 0.1) is 0 Å². The zero-order valence-corrected chi connectivity index (χ0v) is 21.9. The number of benzene rings is 5. The SMILES string of the molecule is Clc1cccc(P(=C2C=C(c3ccccc3)c3ccccc32)(c2ccccc2)c2ccccc2)c1Cl. The van der Waals surface area contributed by atoms with Crippen LogP contribution in [0.1, 0.15) is 16.7 Å². The van der Waals surface area contributed by atoms with Crippen molar-refractivity contribution in [1.82, 2.24) is 0 Å². The zero-order chi connectivity index (χ0) is 24.5. The highest BCUT2D eigenvalue weighted by atomic mass is 35.5. The quantitative estimate of drug-likeness (QED) is 0.211. The van der Waals surface area contributed by atoms with Gasteiger partial charge in [-0.1, -0.05) is 151 Å². The first kappa shape index (κ1) is 23.1. The minimum atomic E-state index is -2.43. The summed E-state index contributed by atoms with van der Waals surface area (Å²) >= 11 is 13.8. The maximum absolute atomic E-state index is 7.10. The molecule has 1 aliphatic rings. The van der Waals surface area contributed by atoms with E-state index in [1.54, 1.807) is 0 Å². The molecule has 0 aromatic heterocycles. The predicted molar refractivity (Wildman–Crippen MR) is 159 cm³/mol. The maximum Gasteiger partial charge on any atom is 0.0675 e. The molecule has 5 aromatic carbocycles. The molecule has 36 heavy (non-hydrogen) atoms. The highest BCUT2D eigenvalue weighted by Gasteiger charge is 2.35. The van der Waals surface area contributed by atoms with Gasteiger partial charge < -0.3 is 0 Å². The Bertz CT molecular complexity index is 1590. The maximum atomic E-state index is 7.10. The lowest BCUT2D eigenvalue weighted by atomic mass is 9.99. The van der Waals surface area contributed by atoms with E-state index in [4.69, 9.17) is 23.2 Å². The smallest absolute Gasteiger partial charge is 0.0675 e. The van der Waals surface area contributed by atoms with Crippen molar-refractivity contribution < 1.29 is 0 Å². The summed E-state index contributed by atoms with van der Waals surface area (Å²) in [6.07, 6.45) is 2.39. The minimum absolute atomic E-state index is 0.574. The van der Waals surface area contributed by atoms with Crippen molar-refractivity contribution in [2.75, 3.05) is 0 Å². The van der Waals surface area contributed by atoms with Gasteiger partial charge in [-0.2, -0.15) is 0 Å². The van der Waals surface area contributed by atoms with Crippen LogP contribution in [0.3, 0.4) is 0 Å². The standard InChI is InChI=1S/C33H23Cl2P/c34-30-21-12-22-31(33(30)35)36(25-15-6-2-7-16-25,26-17-8-3-9-18-26)32-23-29(24-13-4-1-5-14-24)27-19-10-11-20-28(27)32/h1-23H. The first-order valence-corrected chi connectivity index (χ1v) is 14.4. The van der Waals surface area contributed by atoms with Crippen LogP contribution in [0.25, 0.3) is 5.57 Å². The molecule has 0 saturated carbocycles. The second kappa shape index (κ2) is 9.64. The van der Waals surface area contributed by atoms with Gasteiger partial charge in [0.15, 0.2) is 0 Å². The van der Waals surface area contributed by atoms with Crippen LogP contribution in [0.2, 0.25) is 10.0 Å². The average Bonchev–Trinajstić information content (AvgIpc) is 3.33. The monoisotopic (exact) mass is 520 g/mol. The molecule has 0 saturated heterocycles. The van der Waals surface area contributed by atoms with Gasteiger partial charge in [0.2, 0.25) is 0 Å². The molecule has 174 valence electrons. The average molecular weight is 521 g/mol. The molecule has 0 bridgehead atoms. The van der Waals surface area contributed by atoms with Crippen LogP contribution < -0.4 is 15.9 Å². The molecule has 0 fully saturated rings. The minimum Gasteiger partial charge on any atom is -0.0827 e. The van der Waals surface area contributed by atoms with Crippen molar-refractivity contribution in [3.05, 3.63) is 166 Å². The van der Waals surface area contributed by atoms with Crippen molar-refractivity contribution in [3.63, 3.8) is 0 Å². The number of allylic oxidation sites excluding steroid dienone is 1. The summed E-state index contributed by atoms with van der Waals surface area (Å²) in [5, 5.41) is 6.05. The second-order valence-electron chi connectivity index (χ2n) is 8.77. The van der Waals surface area contributed by atoms with E-state index in [2.05, 4.69) is 127 Å². The Balaban J connectivity index is 1.88. The number of halogens is 2. The molecule has 0 heterocycles. The molecule has 0 N–H and O–H groups in total. The molecule has 0 aliphatic heterocycles. The predicted octanol–water partition coefficient (Wildman–Crippen LogP) is 7.95. The molecular weight excluding hydrogens is 498 g/mol. The van der Waals surface area contributed by atoms with Gasteiger partial charge in [0.05, 0.1) is 10.0 Å². The van der Waals surface area contributed by atoms with Crippen molar-refractivity contribution in [2.45, 2.75) is 0 Å². The van der Waals surface area contributed by atoms with Gasteiger partial charge in [0, 0.05) is 5.30 Å². The van der Waals surface area contributed by atoms with E-state index in [0.717, 1.165) is 5.30 Å². The Morgan fingerprint density at radius 2 is 1.00 bits per heavy atom. The van der Waals surface area contributed by atoms with Gasteiger partial charge in [-0.05, 0) is 57.2 Å². The summed E-state index contributed by atoms with van der Waals surface area (Å²) in [6.45, 7) is -2.43. The van der Waals surface area contributed by atoms with Gasteiger partial charge in [0.25, 0.3) is 0 Å². The van der Waals surface area contributed by atoms with Crippen LogP contribution in [0.15, 0.2) is 140 Å². The van der Waals surface area contributed by atoms with E-state index in [1.807, 2.05) is 12.1 Å². The molecular formula is C33H23Cl2P. The van der Waals surface area contributed by atoms with E-state index < -0.39 is 6.89 Å². The molecule has 0 unspecified atom stereocenters. The molecule has 5 aromatic rings. The number of fused-ring (bicyclic) bond motifs is 1. The molecule has 0 radical (unpaired) electrons. The molecule has 0 amide bonds. The Hall–Kier alpha value is -3.28. The van der Waals surface area contributed by atoms with Crippen LogP contribution >= 0.6 is 30.1 Å². The highest BCUT2D eigenvalue weighted by molar-refractivity contribution is 7.96. The molecule has 0 atom stereocenters. The van der Waals surface area contributed by atoms with E-state index in [1.165, 1.54) is 38.2 Å². The van der Waals surface area contributed by atoms with Gasteiger partial charge in [0.1, 0.15) is 0 Å². The van der Waals surface area contributed by atoms with Crippen molar-refractivity contribution in [2.24, 2.45) is 0 Å². The Morgan fingerprint density at radius 3 is 1.61 bits per heavy atom. The summed E-state index contributed by atoms with van der Waals surface area (Å²) < 4.78 is 0. The zero-order valence-electron chi connectivity index (χ0n) is 19.5. The number of rotatable bonds is 4. The first-order valence-electron chi connectivity index (χ1n) is 11.9. The van der Waals surface area contributed by atoms with E-state index >= 15 is 0 Å². The topological polar surface area (TPSA) is 0 Å². The lowest BCUT2D eigenvalue weighted by Gasteiger charge is -2.32. The van der Waals surface area contributed by atoms with Gasteiger partial charge in [-0.15, -0.1) is 0 Å². The summed E-state index contributed by atoms with van der Waals surface area (Å²) in [5.74, 6) is 0.